The van der Waals surface area contributed by atoms with Crippen LogP contribution in [0, 0.1) is 6.92 Å². The smallest absolute Gasteiger partial charge is 0.302 e. The number of ether oxygens (including phenoxy) is 1. The first kappa shape index (κ1) is 12.6. The Morgan fingerprint density at radius 3 is 2.75 bits per heavy atom. The largest absolute Gasteiger partial charge is 0.507 e. The summed E-state index contributed by atoms with van der Waals surface area (Å²) in [4.78, 5) is 10.7. The number of benzene rings is 1. The molecule has 0 radical (unpaired) electrons. The fourth-order valence-electron chi connectivity index (χ4n) is 1.26. The van der Waals surface area contributed by atoms with Gasteiger partial charge in [0.05, 0.1) is 0 Å². The molecule has 1 N–H and O–H groups in total. The van der Waals surface area contributed by atoms with E-state index in [1.807, 2.05) is 13.0 Å². The summed E-state index contributed by atoms with van der Waals surface area (Å²) in [6, 6.07) is 5.22. The Morgan fingerprint density at radius 2 is 2.25 bits per heavy atom. The molecule has 0 atom stereocenters. The van der Waals surface area contributed by atoms with Crippen molar-refractivity contribution < 1.29 is 14.6 Å². The molecule has 0 amide bonds. The zero-order valence-corrected chi connectivity index (χ0v) is 9.91. The quantitative estimate of drug-likeness (QED) is 0.827. The summed E-state index contributed by atoms with van der Waals surface area (Å²) in [7, 11) is 0. The molecule has 0 aliphatic heterocycles. The Kier molecular flexibility index (Phi) is 4.38. The molecule has 1 aromatic carbocycles. The molecule has 16 heavy (non-hydrogen) atoms. The maximum absolute atomic E-state index is 10.7. The number of halogens is 1. The molecule has 86 valence electrons. The summed E-state index contributed by atoms with van der Waals surface area (Å²) in [6.07, 6.45) is 0. The van der Waals surface area contributed by atoms with Crippen LogP contribution in [0.25, 0.3) is 5.57 Å². The van der Waals surface area contributed by atoms with Crippen molar-refractivity contribution in [3.05, 3.63) is 34.9 Å². The highest BCUT2D eigenvalue weighted by atomic mass is 35.5. The van der Waals surface area contributed by atoms with E-state index in [4.69, 9.17) is 16.3 Å². The van der Waals surface area contributed by atoms with Crippen LogP contribution in [0.1, 0.15) is 18.1 Å². The summed E-state index contributed by atoms with van der Waals surface area (Å²) in [5, 5.41) is 9.72. The lowest BCUT2D eigenvalue weighted by atomic mass is 10.1. The fourth-order valence-corrected chi connectivity index (χ4v) is 1.44. The van der Waals surface area contributed by atoms with Crippen molar-refractivity contribution in [2.45, 2.75) is 13.8 Å². The Balaban J connectivity index is 2.92. The van der Waals surface area contributed by atoms with Gasteiger partial charge >= 0.3 is 5.97 Å². The standard InChI is InChI=1S/C12H13ClO3/c1-8-3-4-11(12(15)5-8)10(6-13)7-16-9(2)14/h3-6,15H,7H2,1-2H3. The molecule has 4 heteroatoms. The molecule has 0 saturated heterocycles. The normalized spacial score (nSPS) is 11.3. The van der Waals surface area contributed by atoms with Gasteiger partial charge in [-0.3, -0.25) is 4.79 Å². The third-order valence-electron chi connectivity index (χ3n) is 2.06. The average molecular weight is 241 g/mol. The van der Waals surface area contributed by atoms with E-state index < -0.39 is 0 Å². The fraction of sp³-hybridized carbons (Fsp3) is 0.250. The van der Waals surface area contributed by atoms with Gasteiger partial charge < -0.3 is 9.84 Å². The predicted octanol–water partition coefficient (Wildman–Crippen LogP) is 2.84. The summed E-state index contributed by atoms with van der Waals surface area (Å²) < 4.78 is 4.83. The lowest BCUT2D eigenvalue weighted by Gasteiger charge is -2.09. The summed E-state index contributed by atoms with van der Waals surface area (Å²) in [6.45, 7) is 3.25. The van der Waals surface area contributed by atoms with Crippen LogP contribution in [0.4, 0.5) is 0 Å². The number of aryl methyl sites for hydroxylation is 1. The third-order valence-corrected chi connectivity index (χ3v) is 2.33. The van der Waals surface area contributed by atoms with Crippen molar-refractivity contribution >= 4 is 23.1 Å². The minimum atomic E-state index is -0.386. The molecule has 3 nitrogen and oxygen atoms in total. The number of phenols is 1. The minimum absolute atomic E-state index is 0.0510. The van der Waals surface area contributed by atoms with Gasteiger partial charge in [0.25, 0.3) is 0 Å². The van der Waals surface area contributed by atoms with Crippen molar-refractivity contribution in [2.75, 3.05) is 6.61 Å². The summed E-state index contributed by atoms with van der Waals surface area (Å²) in [5.41, 5.74) is 3.38. The molecular formula is C12H13ClO3. The van der Waals surface area contributed by atoms with E-state index in [1.165, 1.54) is 12.5 Å². The summed E-state index contributed by atoms with van der Waals surface area (Å²) in [5.74, 6) is -0.262. The Morgan fingerprint density at radius 1 is 1.56 bits per heavy atom. The lowest BCUT2D eigenvalue weighted by molar-refractivity contribution is -0.139. The molecule has 0 heterocycles. The van der Waals surface area contributed by atoms with Crippen molar-refractivity contribution in [1.82, 2.24) is 0 Å². The van der Waals surface area contributed by atoms with Gasteiger partial charge in [0.15, 0.2) is 0 Å². The molecule has 0 aliphatic carbocycles. The number of carbonyl (C=O) groups excluding carboxylic acids is 1. The average Bonchev–Trinajstić information content (AvgIpc) is 2.21. The summed E-state index contributed by atoms with van der Waals surface area (Å²) >= 11 is 5.63. The zero-order valence-electron chi connectivity index (χ0n) is 9.16. The number of hydrogen-bond donors (Lipinski definition) is 1. The van der Waals surface area contributed by atoms with Gasteiger partial charge in [-0.15, -0.1) is 0 Å². The number of aromatic hydroxyl groups is 1. The lowest BCUT2D eigenvalue weighted by Crippen LogP contribution is -2.02. The Hall–Kier alpha value is -1.48. The number of phenolic OH excluding ortho intramolecular Hbond substituents is 1. The van der Waals surface area contributed by atoms with Crippen molar-refractivity contribution in [1.29, 1.82) is 0 Å². The topological polar surface area (TPSA) is 46.5 Å². The van der Waals surface area contributed by atoms with Gasteiger partial charge in [-0.25, -0.2) is 0 Å². The second kappa shape index (κ2) is 5.56. The van der Waals surface area contributed by atoms with Crippen molar-refractivity contribution in [2.24, 2.45) is 0 Å². The van der Waals surface area contributed by atoms with E-state index in [2.05, 4.69) is 0 Å². The van der Waals surface area contributed by atoms with E-state index in [0.29, 0.717) is 11.1 Å². The van der Waals surface area contributed by atoms with Gasteiger partial charge in [0.1, 0.15) is 12.4 Å². The highest BCUT2D eigenvalue weighted by molar-refractivity contribution is 6.28. The predicted molar refractivity (Wildman–Crippen MR) is 63.3 cm³/mol. The highest BCUT2D eigenvalue weighted by Crippen LogP contribution is 2.26. The number of rotatable bonds is 3. The van der Waals surface area contributed by atoms with Gasteiger partial charge in [0.2, 0.25) is 0 Å². The third kappa shape index (κ3) is 3.28. The monoisotopic (exact) mass is 240 g/mol. The molecule has 0 bridgehead atoms. The molecule has 0 unspecified atom stereocenters. The van der Waals surface area contributed by atoms with Crippen LogP contribution < -0.4 is 0 Å². The van der Waals surface area contributed by atoms with Crippen LogP contribution in [0.15, 0.2) is 23.7 Å². The highest BCUT2D eigenvalue weighted by Gasteiger charge is 2.08. The SMILES string of the molecule is CC(=O)OCC(=CCl)c1ccc(C)cc1O. The van der Waals surface area contributed by atoms with Crippen LogP contribution in [0.3, 0.4) is 0 Å². The maximum atomic E-state index is 10.7. The molecule has 0 spiro atoms. The first-order valence-electron chi connectivity index (χ1n) is 4.77. The zero-order chi connectivity index (χ0) is 12.1. The van der Waals surface area contributed by atoms with Crippen LogP contribution >= 0.6 is 11.6 Å². The van der Waals surface area contributed by atoms with E-state index in [0.717, 1.165) is 5.56 Å². The second-order valence-corrected chi connectivity index (χ2v) is 3.65. The molecule has 0 fully saturated rings. The minimum Gasteiger partial charge on any atom is -0.507 e. The first-order chi connectivity index (χ1) is 7.54. The van der Waals surface area contributed by atoms with Gasteiger partial charge in [-0.1, -0.05) is 23.7 Å². The second-order valence-electron chi connectivity index (χ2n) is 3.44. The number of carbonyl (C=O) groups is 1. The molecule has 1 aromatic rings. The van der Waals surface area contributed by atoms with Crippen LogP contribution in [0.2, 0.25) is 0 Å². The molecular weight excluding hydrogens is 228 g/mol. The van der Waals surface area contributed by atoms with E-state index in [-0.39, 0.29) is 18.3 Å². The van der Waals surface area contributed by atoms with Crippen LogP contribution in [0.5, 0.6) is 5.75 Å². The number of esters is 1. The first-order valence-corrected chi connectivity index (χ1v) is 5.21. The van der Waals surface area contributed by atoms with Crippen LogP contribution in [-0.4, -0.2) is 17.7 Å². The molecule has 1 rings (SSSR count). The van der Waals surface area contributed by atoms with Crippen LogP contribution in [-0.2, 0) is 9.53 Å². The van der Waals surface area contributed by atoms with Gasteiger partial charge in [0, 0.05) is 23.6 Å². The van der Waals surface area contributed by atoms with Crippen molar-refractivity contribution in [3.8, 4) is 5.75 Å². The van der Waals surface area contributed by atoms with E-state index in [9.17, 15) is 9.90 Å². The molecule has 0 saturated carbocycles. The van der Waals surface area contributed by atoms with Crippen molar-refractivity contribution in [3.63, 3.8) is 0 Å². The molecule has 0 aliphatic rings. The van der Waals surface area contributed by atoms with E-state index in [1.54, 1.807) is 12.1 Å². The van der Waals surface area contributed by atoms with Gasteiger partial charge in [-0.05, 0) is 18.6 Å². The maximum Gasteiger partial charge on any atom is 0.302 e. The number of hydrogen-bond acceptors (Lipinski definition) is 3. The Bertz CT molecular complexity index is 424. The Labute approximate surface area is 99.3 Å². The van der Waals surface area contributed by atoms with Gasteiger partial charge in [-0.2, -0.15) is 0 Å². The molecule has 0 aromatic heterocycles. The van der Waals surface area contributed by atoms with E-state index >= 15 is 0 Å².